The molecule has 0 unspecified atom stereocenters. The minimum atomic E-state index is -0.242. The topological polar surface area (TPSA) is 12.4 Å². The first-order valence-corrected chi connectivity index (χ1v) is 4.06. The van der Waals surface area contributed by atoms with E-state index in [1.54, 1.807) is 12.1 Å². The lowest BCUT2D eigenvalue weighted by molar-refractivity contribution is 0.627. The van der Waals surface area contributed by atoms with Crippen molar-refractivity contribution in [1.29, 1.82) is 0 Å². The van der Waals surface area contributed by atoms with Crippen LogP contribution >= 0.6 is 0 Å². The Morgan fingerprint density at radius 3 is 2.23 bits per heavy atom. The van der Waals surface area contributed by atoms with Crippen molar-refractivity contribution in [2.24, 2.45) is 4.99 Å². The van der Waals surface area contributed by atoms with E-state index in [2.05, 4.69) is 11.6 Å². The highest BCUT2D eigenvalue weighted by Crippen LogP contribution is 2.14. The third kappa shape index (κ3) is 2.82. The molecule has 0 saturated carbocycles. The van der Waals surface area contributed by atoms with E-state index >= 15 is 0 Å². The molecule has 0 amide bonds. The Morgan fingerprint density at radius 1 is 1.23 bits per heavy atom. The van der Waals surface area contributed by atoms with Crippen LogP contribution in [0.5, 0.6) is 0 Å². The van der Waals surface area contributed by atoms with E-state index in [-0.39, 0.29) is 5.82 Å². The van der Waals surface area contributed by atoms with E-state index in [4.69, 9.17) is 0 Å². The van der Waals surface area contributed by atoms with E-state index in [0.717, 1.165) is 11.3 Å². The van der Waals surface area contributed by atoms with Crippen molar-refractivity contribution in [3.63, 3.8) is 0 Å². The molecule has 0 atom stereocenters. The molecule has 0 spiro atoms. The van der Waals surface area contributed by atoms with Gasteiger partial charge in [-0.2, -0.15) is 0 Å². The van der Waals surface area contributed by atoms with Gasteiger partial charge >= 0.3 is 0 Å². The lowest BCUT2D eigenvalue weighted by Gasteiger charge is -2.00. The van der Waals surface area contributed by atoms with Gasteiger partial charge in [0.25, 0.3) is 0 Å². The Kier molecular flexibility index (Phi) is 2.96. The van der Waals surface area contributed by atoms with E-state index in [9.17, 15) is 4.39 Å². The Balaban J connectivity index is 2.90. The first-order valence-electron chi connectivity index (χ1n) is 4.06. The van der Waals surface area contributed by atoms with Gasteiger partial charge in [-0.05, 0) is 43.7 Å². The first-order chi connectivity index (χ1) is 6.09. The second kappa shape index (κ2) is 3.99. The van der Waals surface area contributed by atoms with Gasteiger partial charge in [0.15, 0.2) is 0 Å². The summed E-state index contributed by atoms with van der Waals surface area (Å²) in [5, 5.41) is 0. The number of hydrogen-bond donors (Lipinski definition) is 0. The summed E-state index contributed by atoms with van der Waals surface area (Å²) in [6.07, 6.45) is 0. The molecule has 1 nitrogen and oxygen atoms in total. The summed E-state index contributed by atoms with van der Waals surface area (Å²) in [6.45, 7) is 7.58. The summed E-state index contributed by atoms with van der Waals surface area (Å²) in [4.78, 5) is 4.18. The fraction of sp³-hybridized carbons (Fsp3) is 0.182. The number of benzene rings is 1. The highest BCUT2D eigenvalue weighted by Gasteiger charge is 1.96. The minimum absolute atomic E-state index is 0.242. The summed E-state index contributed by atoms with van der Waals surface area (Å²) in [6, 6.07) is 6.15. The van der Waals surface area contributed by atoms with Gasteiger partial charge in [-0.3, -0.25) is 4.99 Å². The van der Waals surface area contributed by atoms with Gasteiger partial charge in [0.1, 0.15) is 5.82 Å². The Bertz CT molecular complexity index is 332. The maximum absolute atomic E-state index is 12.5. The van der Waals surface area contributed by atoms with Gasteiger partial charge in [-0.25, -0.2) is 4.39 Å². The van der Waals surface area contributed by atoms with Gasteiger partial charge in [-0.15, -0.1) is 0 Å². The zero-order valence-electron chi connectivity index (χ0n) is 7.84. The molecule has 1 rings (SSSR count). The van der Waals surface area contributed by atoms with Crippen LogP contribution in [-0.4, -0.2) is 5.71 Å². The Labute approximate surface area is 77.6 Å². The molecule has 13 heavy (non-hydrogen) atoms. The SMILES string of the molecule is C=C(N=C(C)C)c1ccc(F)cc1. The molecule has 2 heteroatoms. The van der Waals surface area contributed by atoms with Crippen LogP contribution in [0, 0.1) is 5.82 Å². The summed E-state index contributed by atoms with van der Waals surface area (Å²) >= 11 is 0. The van der Waals surface area contributed by atoms with Crippen molar-refractivity contribution in [2.45, 2.75) is 13.8 Å². The molecule has 0 aliphatic carbocycles. The maximum Gasteiger partial charge on any atom is 0.123 e. The predicted molar refractivity (Wildman–Crippen MR) is 54.2 cm³/mol. The van der Waals surface area contributed by atoms with Crippen LogP contribution in [0.1, 0.15) is 19.4 Å². The summed E-state index contributed by atoms with van der Waals surface area (Å²) in [7, 11) is 0. The number of aliphatic imine (C=N–C) groups is 1. The van der Waals surface area contributed by atoms with Crippen LogP contribution in [0.2, 0.25) is 0 Å². The Morgan fingerprint density at radius 2 is 1.77 bits per heavy atom. The summed E-state index contributed by atoms with van der Waals surface area (Å²) < 4.78 is 12.5. The van der Waals surface area contributed by atoms with E-state index in [1.165, 1.54) is 12.1 Å². The Hall–Kier alpha value is -1.44. The largest absolute Gasteiger partial charge is 0.258 e. The average molecular weight is 177 g/mol. The van der Waals surface area contributed by atoms with Gasteiger partial charge < -0.3 is 0 Å². The molecular weight excluding hydrogens is 165 g/mol. The molecule has 0 saturated heterocycles. The smallest absolute Gasteiger partial charge is 0.123 e. The van der Waals surface area contributed by atoms with Crippen LogP contribution in [-0.2, 0) is 0 Å². The molecular formula is C11H12FN. The zero-order valence-corrected chi connectivity index (χ0v) is 7.84. The lowest BCUT2D eigenvalue weighted by atomic mass is 10.2. The molecule has 0 aromatic heterocycles. The van der Waals surface area contributed by atoms with E-state index < -0.39 is 0 Å². The quantitative estimate of drug-likeness (QED) is 0.615. The summed E-state index contributed by atoms with van der Waals surface area (Å²) in [5.74, 6) is -0.242. The highest BCUT2D eigenvalue weighted by molar-refractivity contribution is 5.85. The number of rotatable bonds is 2. The summed E-state index contributed by atoms with van der Waals surface area (Å²) in [5.41, 5.74) is 2.46. The van der Waals surface area contributed by atoms with Crippen LogP contribution in [0.25, 0.3) is 5.70 Å². The van der Waals surface area contributed by atoms with Gasteiger partial charge in [-0.1, -0.05) is 6.58 Å². The van der Waals surface area contributed by atoms with Crippen LogP contribution < -0.4 is 0 Å². The van der Waals surface area contributed by atoms with Crippen molar-refractivity contribution in [3.8, 4) is 0 Å². The molecule has 0 fully saturated rings. The van der Waals surface area contributed by atoms with Gasteiger partial charge in [0.2, 0.25) is 0 Å². The fourth-order valence-corrected chi connectivity index (χ4v) is 0.977. The van der Waals surface area contributed by atoms with E-state index in [0.29, 0.717) is 5.70 Å². The monoisotopic (exact) mass is 177 g/mol. The van der Waals surface area contributed by atoms with Gasteiger partial charge in [0.05, 0.1) is 5.70 Å². The van der Waals surface area contributed by atoms with Crippen LogP contribution in [0.4, 0.5) is 4.39 Å². The molecule has 1 aromatic rings. The van der Waals surface area contributed by atoms with Crippen molar-refractivity contribution in [2.75, 3.05) is 0 Å². The number of halogens is 1. The lowest BCUT2D eigenvalue weighted by Crippen LogP contribution is -1.85. The van der Waals surface area contributed by atoms with Crippen LogP contribution in [0.3, 0.4) is 0 Å². The molecule has 0 heterocycles. The minimum Gasteiger partial charge on any atom is -0.258 e. The van der Waals surface area contributed by atoms with Crippen molar-refractivity contribution >= 4 is 11.4 Å². The molecule has 1 aromatic carbocycles. The fourth-order valence-electron chi connectivity index (χ4n) is 0.977. The molecule has 68 valence electrons. The van der Waals surface area contributed by atoms with E-state index in [1.807, 2.05) is 13.8 Å². The van der Waals surface area contributed by atoms with Crippen molar-refractivity contribution in [1.82, 2.24) is 0 Å². The van der Waals surface area contributed by atoms with Crippen LogP contribution in [0.15, 0.2) is 35.8 Å². The average Bonchev–Trinajstić information content (AvgIpc) is 2.04. The highest BCUT2D eigenvalue weighted by atomic mass is 19.1. The molecule has 0 radical (unpaired) electrons. The third-order valence-corrected chi connectivity index (χ3v) is 1.54. The molecule has 0 aliphatic rings. The number of nitrogens with zero attached hydrogens (tertiary/aromatic N) is 1. The molecule has 0 bridgehead atoms. The third-order valence-electron chi connectivity index (χ3n) is 1.54. The maximum atomic E-state index is 12.5. The zero-order chi connectivity index (χ0) is 9.84. The molecule has 0 N–H and O–H groups in total. The number of hydrogen-bond acceptors (Lipinski definition) is 1. The normalized spacial score (nSPS) is 9.46. The molecule has 0 aliphatic heterocycles. The second-order valence-corrected chi connectivity index (χ2v) is 3.01. The second-order valence-electron chi connectivity index (χ2n) is 3.01. The predicted octanol–water partition coefficient (Wildman–Crippen LogP) is 3.28. The first kappa shape index (κ1) is 9.65. The van der Waals surface area contributed by atoms with Gasteiger partial charge in [0, 0.05) is 5.71 Å². The van der Waals surface area contributed by atoms with Crippen molar-refractivity contribution in [3.05, 3.63) is 42.2 Å². The van der Waals surface area contributed by atoms with Crippen molar-refractivity contribution < 1.29 is 4.39 Å². The standard InChI is InChI=1S/C11H12FN/c1-8(2)13-9(3)10-4-6-11(12)7-5-10/h4-7H,3H2,1-2H3.